The largest absolute Gasteiger partial charge is 0.382 e. The first-order valence-corrected chi connectivity index (χ1v) is 7.49. The van der Waals surface area contributed by atoms with E-state index in [9.17, 15) is 9.90 Å². The molecular formula is C15H21N5O2. The lowest BCUT2D eigenvalue weighted by atomic mass is 9.94. The Balaban J connectivity index is 1.75. The molecule has 22 heavy (non-hydrogen) atoms. The molecule has 0 radical (unpaired) electrons. The molecule has 3 rings (SSSR count). The van der Waals surface area contributed by atoms with Gasteiger partial charge in [0.15, 0.2) is 0 Å². The van der Waals surface area contributed by atoms with Crippen molar-refractivity contribution in [2.45, 2.75) is 24.9 Å². The third kappa shape index (κ3) is 2.64. The molecule has 2 aromatic rings. The summed E-state index contributed by atoms with van der Waals surface area (Å²) < 4.78 is 3.46. The summed E-state index contributed by atoms with van der Waals surface area (Å²) in [5.41, 5.74) is -0.526. The SMILES string of the molecule is Cn1ccc(C(=O)N2CCCC(O)(c3nccn3C)CC2)n1. The molecule has 118 valence electrons. The van der Waals surface area contributed by atoms with Gasteiger partial charge in [-0.1, -0.05) is 0 Å². The number of likely N-dealkylation sites (tertiary alicyclic amines) is 1. The van der Waals surface area contributed by atoms with Crippen molar-refractivity contribution >= 4 is 5.91 Å². The van der Waals surface area contributed by atoms with Crippen LogP contribution in [-0.2, 0) is 19.7 Å². The number of amides is 1. The fraction of sp³-hybridized carbons (Fsp3) is 0.533. The number of carbonyl (C=O) groups excluding carboxylic acids is 1. The number of aromatic nitrogens is 4. The van der Waals surface area contributed by atoms with Gasteiger partial charge in [0.1, 0.15) is 17.1 Å². The number of aryl methyl sites for hydroxylation is 2. The summed E-state index contributed by atoms with van der Waals surface area (Å²) in [5, 5.41) is 15.1. The van der Waals surface area contributed by atoms with Crippen molar-refractivity contribution < 1.29 is 9.90 Å². The maximum Gasteiger partial charge on any atom is 0.274 e. The van der Waals surface area contributed by atoms with Gasteiger partial charge in [0.2, 0.25) is 0 Å². The molecule has 3 heterocycles. The number of rotatable bonds is 2. The summed E-state index contributed by atoms with van der Waals surface area (Å²) in [6, 6.07) is 1.72. The maximum absolute atomic E-state index is 12.5. The second kappa shape index (κ2) is 5.57. The molecule has 1 aliphatic heterocycles. The van der Waals surface area contributed by atoms with Crippen LogP contribution in [0.15, 0.2) is 24.7 Å². The lowest BCUT2D eigenvalue weighted by Crippen LogP contribution is -2.34. The summed E-state index contributed by atoms with van der Waals surface area (Å²) in [6.07, 6.45) is 7.10. The van der Waals surface area contributed by atoms with Crippen LogP contribution in [0.3, 0.4) is 0 Å². The van der Waals surface area contributed by atoms with Crippen LogP contribution in [-0.4, -0.2) is 48.3 Å². The molecule has 1 fully saturated rings. The van der Waals surface area contributed by atoms with Crippen molar-refractivity contribution in [2.24, 2.45) is 14.1 Å². The van der Waals surface area contributed by atoms with E-state index in [4.69, 9.17) is 0 Å². The number of aliphatic hydroxyl groups is 1. The smallest absolute Gasteiger partial charge is 0.274 e. The highest BCUT2D eigenvalue weighted by Crippen LogP contribution is 2.31. The number of nitrogens with zero attached hydrogens (tertiary/aromatic N) is 5. The van der Waals surface area contributed by atoms with Crippen molar-refractivity contribution in [3.8, 4) is 0 Å². The Morgan fingerprint density at radius 3 is 2.73 bits per heavy atom. The van der Waals surface area contributed by atoms with Crippen molar-refractivity contribution in [2.75, 3.05) is 13.1 Å². The van der Waals surface area contributed by atoms with Crippen LogP contribution in [0.2, 0.25) is 0 Å². The fourth-order valence-electron chi connectivity index (χ4n) is 3.05. The van der Waals surface area contributed by atoms with Gasteiger partial charge >= 0.3 is 0 Å². The summed E-state index contributed by atoms with van der Waals surface area (Å²) in [4.78, 5) is 18.5. The Labute approximate surface area is 129 Å². The normalized spacial score (nSPS) is 22.6. The van der Waals surface area contributed by atoms with Crippen LogP contribution in [0.5, 0.6) is 0 Å². The minimum Gasteiger partial charge on any atom is -0.382 e. The van der Waals surface area contributed by atoms with E-state index in [1.165, 1.54) is 0 Å². The lowest BCUT2D eigenvalue weighted by Gasteiger charge is -2.26. The fourth-order valence-corrected chi connectivity index (χ4v) is 3.05. The molecule has 1 amide bonds. The average Bonchev–Trinajstić information content (AvgIpc) is 3.05. The second-order valence-corrected chi connectivity index (χ2v) is 5.91. The van der Waals surface area contributed by atoms with Crippen LogP contribution in [0.25, 0.3) is 0 Å². The highest BCUT2D eigenvalue weighted by atomic mass is 16.3. The summed E-state index contributed by atoms with van der Waals surface area (Å²) in [5.74, 6) is 0.587. The van der Waals surface area contributed by atoms with Gasteiger partial charge in [-0.25, -0.2) is 4.98 Å². The minimum absolute atomic E-state index is 0.0790. The highest BCUT2D eigenvalue weighted by molar-refractivity contribution is 5.92. The van der Waals surface area contributed by atoms with Gasteiger partial charge in [-0.05, 0) is 18.9 Å². The van der Waals surface area contributed by atoms with E-state index in [-0.39, 0.29) is 5.91 Å². The molecule has 7 heteroatoms. The van der Waals surface area contributed by atoms with Crippen LogP contribution in [0, 0.1) is 0 Å². The first kappa shape index (κ1) is 14.8. The number of imidazole rings is 1. The molecule has 0 spiro atoms. The zero-order valence-electron chi connectivity index (χ0n) is 12.9. The van der Waals surface area contributed by atoms with E-state index in [0.29, 0.717) is 37.4 Å². The summed E-state index contributed by atoms with van der Waals surface area (Å²) in [7, 11) is 3.67. The third-order valence-electron chi connectivity index (χ3n) is 4.27. The zero-order chi connectivity index (χ0) is 15.7. The molecule has 1 N–H and O–H groups in total. The van der Waals surface area contributed by atoms with E-state index in [1.807, 2.05) is 17.8 Å². The summed E-state index contributed by atoms with van der Waals surface area (Å²) >= 11 is 0. The van der Waals surface area contributed by atoms with Crippen LogP contribution in [0.4, 0.5) is 0 Å². The standard InChI is InChI=1S/C15H21N5O2/c1-18-11-7-16-14(18)15(22)5-3-8-20(10-6-15)13(21)12-4-9-19(2)17-12/h4,7,9,11,22H,3,5-6,8,10H2,1-2H3. The van der Waals surface area contributed by atoms with E-state index in [2.05, 4.69) is 10.1 Å². The first-order chi connectivity index (χ1) is 10.5. The molecule has 7 nitrogen and oxygen atoms in total. The molecule has 0 saturated carbocycles. The van der Waals surface area contributed by atoms with E-state index in [1.54, 1.807) is 35.1 Å². The zero-order valence-corrected chi connectivity index (χ0v) is 12.9. The minimum atomic E-state index is -0.975. The third-order valence-corrected chi connectivity index (χ3v) is 4.27. The van der Waals surface area contributed by atoms with Crippen molar-refractivity contribution in [1.82, 2.24) is 24.2 Å². The average molecular weight is 303 g/mol. The molecule has 1 atom stereocenters. The topological polar surface area (TPSA) is 76.2 Å². The Bertz CT molecular complexity index is 677. The lowest BCUT2D eigenvalue weighted by molar-refractivity contribution is 0.0101. The van der Waals surface area contributed by atoms with Gasteiger partial charge in [0.05, 0.1) is 0 Å². The Hall–Kier alpha value is -2.15. The second-order valence-electron chi connectivity index (χ2n) is 5.91. The predicted octanol–water partition coefficient (Wildman–Crippen LogP) is 0.667. The van der Waals surface area contributed by atoms with E-state index >= 15 is 0 Å². The highest BCUT2D eigenvalue weighted by Gasteiger charge is 2.36. The van der Waals surface area contributed by atoms with Crippen molar-refractivity contribution in [3.05, 3.63) is 36.2 Å². The van der Waals surface area contributed by atoms with Gasteiger partial charge in [-0.3, -0.25) is 9.48 Å². The van der Waals surface area contributed by atoms with Gasteiger partial charge in [-0.2, -0.15) is 5.10 Å². The Morgan fingerprint density at radius 2 is 2.09 bits per heavy atom. The Kier molecular flexibility index (Phi) is 3.74. The van der Waals surface area contributed by atoms with Crippen LogP contribution in [0.1, 0.15) is 35.6 Å². The monoisotopic (exact) mass is 303 g/mol. The molecule has 1 saturated heterocycles. The van der Waals surface area contributed by atoms with E-state index < -0.39 is 5.60 Å². The van der Waals surface area contributed by atoms with Crippen molar-refractivity contribution in [3.63, 3.8) is 0 Å². The first-order valence-electron chi connectivity index (χ1n) is 7.49. The number of carbonyl (C=O) groups is 1. The molecule has 0 bridgehead atoms. The number of hydrogen-bond donors (Lipinski definition) is 1. The van der Waals surface area contributed by atoms with Gasteiger partial charge < -0.3 is 14.6 Å². The van der Waals surface area contributed by atoms with Crippen molar-refractivity contribution in [1.29, 1.82) is 0 Å². The predicted molar refractivity (Wildman–Crippen MR) is 80.1 cm³/mol. The molecule has 2 aromatic heterocycles. The molecule has 0 aromatic carbocycles. The van der Waals surface area contributed by atoms with E-state index in [0.717, 1.165) is 6.42 Å². The Morgan fingerprint density at radius 1 is 1.27 bits per heavy atom. The van der Waals surface area contributed by atoms with Gasteiger partial charge in [0.25, 0.3) is 5.91 Å². The molecule has 1 unspecified atom stereocenters. The molecular weight excluding hydrogens is 282 g/mol. The maximum atomic E-state index is 12.5. The molecule has 1 aliphatic rings. The quantitative estimate of drug-likeness (QED) is 0.884. The summed E-state index contributed by atoms with van der Waals surface area (Å²) in [6.45, 7) is 1.13. The van der Waals surface area contributed by atoms with Crippen LogP contribution < -0.4 is 0 Å². The van der Waals surface area contributed by atoms with Gasteiger partial charge in [0, 0.05) is 52.2 Å². The van der Waals surface area contributed by atoms with Gasteiger partial charge in [-0.15, -0.1) is 0 Å². The van der Waals surface area contributed by atoms with Crippen LogP contribution >= 0.6 is 0 Å². The molecule has 0 aliphatic carbocycles. The number of hydrogen-bond acceptors (Lipinski definition) is 4.